The van der Waals surface area contributed by atoms with Gasteiger partial charge in [0.2, 0.25) is 0 Å². The number of hydrogen-bond donors (Lipinski definition) is 0. The second-order valence-electron chi connectivity index (χ2n) is 8.76. The van der Waals surface area contributed by atoms with Gasteiger partial charge in [-0.3, -0.25) is 9.36 Å². The van der Waals surface area contributed by atoms with Gasteiger partial charge in [-0.15, -0.1) is 11.3 Å². The Bertz CT molecular complexity index is 1460. The van der Waals surface area contributed by atoms with Gasteiger partial charge in [0.15, 0.2) is 0 Å². The minimum atomic E-state index is -0.295. The van der Waals surface area contributed by atoms with Crippen molar-refractivity contribution in [2.24, 2.45) is 0 Å². The van der Waals surface area contributed by atoms with Gasteiger partial charge in [0.1, 0.15) is 10.6 Å². The maximum absolute atomic E-state index is 13.8. The van der Waals surface area contributed by atoms with E-state index in [9.17, 15) is 9.59 Å². The third-order valence-corrected chi connectivity index (χ3v) is 7.79. The van der Waals surface area contributed by atoms with Crippen molar-refractivity contribution in [3.05, 3.63) is 90.4 Å². The Balaban J connectivity index is 1.78. The van der Waals surface area contributed by atoms with E-state index in [1.807, 2.05) is 19.1 Å². The van der Waals surface area contributed by atoms with E-state index in [0.29, 0.717) is 24.2 Å². The van der Waals surface area contributed by atoms with Gasteiger partial charge in [0.25, 0.3) is 5.56 Å². The predicted molar refractivity (Wildman–Crippen MR) is 135 cm³/mol. The summed E-state index contributed by atoms with van der Waals surface area (Å²) in [7, 11) is 0. The van der Waals surface area contributed by atoms with E-state index >= 15 is 0 Å². The van der Waals surface area contributed by atoms with Gasteiger partial charge in [-0.25, -0.2) is 9.36 Å². The van der Waals surface area contributed by atoms with Crippen LogP contribution in [0, 0.1) is 13.8 Å². The van der Waals surface area contributed by atoms with Crippen molar-refractivity contribution in [1.29, 1.82) is 0 Å². The lowest BCUT2D eigenvalue weighted by Crippen LogP contribution is -2.39. The molecule has 2 aromatic heterocycles. The van der Waals surface area contributed by atoms with Gasteiger partial charge in [0, 0.05) is 4.88 Å². The van der Waals surface area contributed by atoms with Gasteiger partial charge in [-0.05, 0) is 87.4 Å². The third-order valence-electron chi connectivity index (χ3n) is 6.48. The maximum atomic E-state index is 13.8. The average Bonchev–Trinajstić information content (AvgIpc) is 3.20. The zero-order valence-electron chi connectivity index (χ0n) is 19.3. The van der Waals surface area contributed by atoms with E-state index in [2.05, 4.69) is 32.0 Å². The molecule has 0 amide bonds. The van der Waals surface area contributed by atoms with Crippen molar-refractivity contribution >= 4 is 21.6 Å². The fourth-order valence-electron chi connectivity index (χ4n) is 4.73. The topological polar surface area (TPSA) is 53.2 Å². The molecular formula is C27H28N2O3S. The Labute approximate surface area is 196 Å². The molecule has 0 spiro atoms. The van der Waals surface area contributed by atoms with Gasteiger partial charge in [0.05, 0.1) is 24.2 Å². The molecule has 2 aromatic carbocycles. The molecular weight excluding hydrogens is 432 g/mol. The standard InChI is InChI=1S/C27H28N2O3S/c1-4-32-21-13-11-20(12-14-21)29-25(30)24-22-7-5-6-8-23(22)33-26(24)28(27(29)31)16-19-15-17(2)9-10-18(19)3/h9-15H,4-8,16H2,1-3H3. The number of rotatable bonds is 5. The third kappa shape index (κ3) is 3.82. The average molecular weight is 461 g/mol. The van der Waals surface area contributed by atoms with Gasteiger partial charge in [-0.1, -0.05) is 23.8 Å². The first kappa shape index (κ1) is 21.7. The van der Waals surface area contributed by atoms with Crippen LogP contribution in [0.3, 0.4) is 0 Å². The molecule has 5 nitrogen and oxygen atoms in total. The van der Waals surface area contributed by atoms with Crippen LogP contribution in [0.1, 0.15) is 46.9 Å². The van der Waals surface area contributed by atoms with Crippen LogP contribution in [-0.4, -0.2) is 15.7 Å². The molecule has 0 saturated heterocycles. The molecule has 0 atom stereocenters. The largest absolute Gasteiger partial charge is 0.494 e. The molecule has 33 heavy (non-hydrogen) atoms. The summed E-state index contributed by atoms with van der Waals surface area (Å²) >= 11 is 1.63. The molecule has 0 aliphatic heterocycles. The van der Waals surface area contributed by atoms with Crippen LogP contribution in [0.2, 0.25) is 0 Å². The predicted octanol–water partition coefficient (Wildman–Crippen LogP) is 5.16. The zero-order valence-corrected chi connectivity index (χ0v) is 20.1. The smallest absolute Gasteiger partial charge is 0.337 e. The van der Waals surface area contributed by atoms with Crippen LogP contribution in [0.25, 0.3) is 15.9 Å². The summed E-state index contributed by atoms with van der Waals surface area (Å²) in [5.74, 6) is 0.721. The molecule has 2 heterocycles. The molecule has 0 bridgehead atoms. The lowest BCUT2D eigenvalue weighted by Gasteiger charge is -2.15. The van der Waals surface area contributed by atoms with Crippen molar-refractivity contribution in [3.63, 3.8) is 0 Å². The molecule has 5 rings (SSSR count). The van der Waals surface area contributed by atoms with Crippen LogP contribution in [0.4, 0.5) is 0 Å². The second-order valence-corrected chi connectivity index (χ2v) is 9.84. The summed E-state index contributed by atoms with van der Waals surface area (Å²) in [6, 6.07) is 13.5. The molecule has 0 radical (unpaired) electrons. The number of aryl methyl sites for hydroxylation is 4. The number of nitrogens with zero attached hydrogens (tertiary/aromatic N) is 2. The van der Waals surface area contributed by atoms with Crippen LogP contribution < -0.4 is 16.0 Å². The molecule has 1 aliphatic rings. The molecule has 6 heteroatoms. The van der Waals surface area contributed by atoms with E-state index in [0.717, 1.165) is 58.5 Å². The number of hydrogen-bond acceptors (Lipinski definition) is 4. The van der Waals surface area contributed by atoms with Gasteiger partial charge in [-0.2, -0.15) is 0 Å². The molecule has 4 aromatic rings. The van der Waals surface area contributed by atoms with E-state index in [1.54, 1.807) is 28.0 Å². The molecule has 1 aliphatic carbocycles. The number of fused-ring (bicyclic) bond motifs is 3. The number of thiophene rings is 1. The first-order chi connectivity index (χ1) is 16.0. The summed E-state index contributed by atoms with van der Waals surface area (Å²) in [6.45, 7) is 7.07. The Morgan fingerprint density at radius 1 is 1.00 bits per heavy atom. The fraction of sp³-hybridized carbons (Fsp3) is 0.333. The Morgan fingerprint density at radius 2 is 1.76 bits per heavy atom. The highest BCUT2D eigenvalue weighted by atomic mass is 32.1. The highest BCUT2D eigenvalue weighted by molar-refractivity contribution is 7.18. The quantitative estimate of drug-likeness (QED) is 0.414. The normalized spacial score (nSPS) is 13.3. The van der Waals surface area contributed by atoms with Crippen molar-refractivity contribution in [2.45, 2.75) is 53.0 Å². The highest BCUT2D eigenvalue weighted by Crippen LogP contribution is 2.34. The first-order valence-corrected chi connectivity index (χ1v) is 12.4. The number of ether oxygens (including phenoxy) is 1. The summed E-state index contributed by atoms with van der Waals surface area (Å²) < 4.78 is 8.69. The monoisotopic (exact) mass is 460 g/mol. The Kier molecular flexibility index (Phi) is 5.71. The van der Waals surface area contributed by atoms with Gasteiger partial charge < -0.3 is 4.74 Å². The van der Waals surface area contributed by atoms with Crippen molar-refractivity contribution in [3.8, 4) is 11.4 Å². The number of aromatic nitrogens is 2. The SMILES string of the molecule is CCOc1ccc(-n2c(=O)c3c4c(sc3n(Cc3cc(C)ccc3C)c2=O)CCCC4)cc1. The van der Waals surface area contributed by atoms with Crippen molar-refractivity contribution in [2.75, 3.05) is 6.61 Å². The minimum absolute atomic E-state index is 0.212. The lowest BCUT2D eigenvalue weighted by molar-refractivity contribution is 0.340. The number of benzene rings is 2. The lowest BCUT2D eigenvalue weighted by atomic mass is 9.97. The van der Waals surface area contributed by atoms with Crippen molar-refractivity contribution < 1.29 is 4.74 Å². The van der Waals surface area contributed by atoms with Crippen LogP contribution in [-0.2, 0) is 19.4 Å². The minimum Gasteiger partial charge on any atom is -0.494 e. The summed E-state index contributed by atoms with van der Waals surface area (Å²) in [5, 5.41) is 0.716. The summed E-state index contributed by atoms with van der Waals surface area (Å²) in [4.78, 5) is 29.6. The highest BCUT2D eigenvalue weighted by Gasteiger charge is 2.24. The Hall–Kier alpha value is -3.12. The molecule has 0 unspecified atom stereocenters. The zero-order chi connectivity index (χ0) is 23.1. The van der Waals surface area contributed by atoms with Crippen molar-refractivity contribution in [1.82, 2.24) is 9.13 Å². The van der Waals surface area contributed by atoms with Crippen LogP contribution in [0.15, 0.2) is 52.1 Å². The maximum Gasteiger partial charge on any atom is 0.337 e. The molecule has 0 N–H and O–H groups in total. The molecule has 0 fully saturated rings. The summed E-state index contributed by atoms with van der Waals surface area (Å²) in [6.07, 6.45) is 4.09. The van der Waals surface area contributed by atoms with E-state index in [4.69, 9.17) is 4.74 Å². The van der Waals surface area contributed by atoms with E-state index < -0.39 is 0 Å². The van der Waals surface area contributed by atoms with E-state index in [-0.39, 0.29) is 11.2 Å². The first-order valence-electron chi connectivity index (χ1n) is 11.6. The van der Waals surface area contributed by atoms with Gasteiger partial charge >= 0.3 is 5.69 Å². The van der Waals surface area contributed by atoms with Crippen LogP contribution in [0.5, 0.6) is 5.75 Å². The fourth-order valence-corrected chi connectivity index (χ4v) is 6.11. The van der Waals surface area contributed by atoms with E-state index in [1.165, 1.54) is 9.44 Å². The van der Waals surface area contributed by atoms with Crippen LogP contribution >= 0.6 is 11.3 Å². The molecule has 0 saturated carbocycles. The molecule has 170 valence electrons. The summed E-state index contributed by atoms with van der Waals surface area (Å²) in [5.41, 5.74) is 4.60. The second kappa shape index (κ2) is 8.67. The Morgan fingerprint density at radius 3 is 2.52 bits per heavy atom.